The van der Waals surface area contributed by atoms with E-state index in [1.807, 2.05) is 0 Å². The minimum Gasteiger partial charge on any atom is -0.508 e. The quantitative estimate of drug-likeness (QED) is 0.0479. The third kappa shape index (κ3) is 10.00. The van der Waals surface area contributed by atoms with E-state index in [0.29, 0.717) is 5.56 Å². The Morgan fingerprint density at radius 3 is 1.78 bits per heavy atom. The molecule has 0 saturated carbocycles. The zero-order chi connectivity index (χ0) is 46.0. The fourth-order valence-electron chi connectivity index (χ4n) is 7.15. The number of hydrogen-bond donors (Lipinski definition) is 12. The van der Waals surface area contributed by atoms with Crippen molar-refractivity contribution in [1.82, 2.24) is 0 Å². The van der Waals surface area contributed by atoms with Gasteiger partial charge < -0.3 is 98.9 Å². The first-order valence-corrected chi connectivity index (χ1v) is 19.7. The maximum atomic E-state index is 13.0. The molecule has 12 N–H and O–H groups in total. The van der Waals surface area contributed by atoms with Crippen molar-refractivity contribution in [3.63, 3.8) is 0 Å². The predicted octanol–water partition coefficient (Wildman–Crippen LogP) is -2.73. The molecule has 5 aliphatic rings. The van der Waals surface area contributed by atoms with Crippen LogP contribution in [0.15, 0.2) is 82.0 Å². The molecule has 64 heavy (non-hydrogen) atoms. The Kier molecular flexibility index (Phi) is 14.5. The minimum absolute atomic E-state index is 0.00156. The summed E-state index contributed by atoms with van der Waals surface area (Å²) in [6, 6.07) is 14.5. The van der Waals surface area contributed by atoms with E-state index >= 15 is 0 Å². The standard InChI is InChI=1S/C42H46O22/c43-14-26-30(49)33(52)36(55)40(61-26)59-24-12-21(47)11-23-22(24)13-25(38(58-23)18-4-8-20(46)9-5-18)60-42-39(64-41-37(56)34(53)31(50)27(15-44)62-41)35(54)32(51)28(63-42)16-57-29(48)10-3-17-1-6-19(45)7-2-17/h1-13,26-28,30-37,39-46,49-56H,14-16H2/t26-,27-,28-,30+,31+,32+,33-,34-,35-,36+,37-,39+,40+,41-,42+/m0/s1. The highest BCUT2D eigenvalue weighted by Crippen LogP contribution is 2.43. The van der Waals surface area contributed by atoms with Crippen molar-refractivity contribution in [2.45, 2.75) is 92.1 Å². The van der Waals surface area contributed by atoms with E-state index in [2.05, 4.69) is 0 Å². The lowest BCUT2D eigenvalue weighted by Crippen LogP contribution is -2.65. The van der Waals surface area contributed by atoms with Crippen molar-refractivity contribution in [2.24, 2.45) is 0 Å². The van der Waals surface area contributed by atoms with Crippen LogP contribution in [0.4, 0.5) is 0 Å². The molecule has 0 radical (unpaired) electrons. The molecule has 0 bridgehead atoms. The summed E-state index contributed by atoms with van der Waals surface area (Å²) in [4.78, 5) is 25.7. The Bertz CT molecular complexity index is 2240. The molecule has 2 aromatic carbocycles. The SMILES string of the molecule is O=C(C=Cc1ccc(O)cc1)OC[C@@H]1O[C@@H](Oc2cc3c(O[C@@H]4O[C@@H](CO)[C@@H](O)[C@H](O)[C@H]4O)cc(=O)cc-3oc2-c2ccc(O)cc2)[C@H](O[C@@H]2O[C@@H](CO)[C@@H](O)[C@H](O)[C@@H]2O)[C@@H](O)[C@@H]1O. The van der Waals surface area contributed by atoms with Crippen LogP contribution in [-0.2, 0) is 28.5 Å². The second kappa shape index (κ2) is 19.9. The molecular formula is C42H46O22. The first-order chi connectivity index (χ1) is 30.6. The van der Waals surface area contributed by atoms with E-state index in [-0.39, 0.29) is 45.6 Å². The number of aliphatic hydroxyl groups excluding tert-OH is 10. The van der Waals surface area contributed by atoms with E-state index in [1.165, 1.54) is 60.7 Å². The van der Waals surface area contributed by atoms with Gasteiger partial charge in [0, 0.05) is 23.8 Å². The Morgan fingerprint density at radius 2 is 1.16 bits per heavy atom. The molecule has 0 aromatic heterocycles. The summed E-state index contributed by atoms with van der Waals surface area (Å²) in [7, 11) is 0. The fourth-order valence-corrected chi connectivity index (χ4v) is 7.15. The number of carbonyl (C=O) groups is 1. The Morgan fingerprint density at radius 1 is 0.609 bits per heavy atom. The van der Waals surface area contributed by atoms with Crippen LogP contribution in [0.1, 0.15) is 5.56 Å². The van der Waals surface area contributed by atoms with Gasteiger partial charge in [0.05, 0.1) is 18.8 Å². The van der Waals surface area contributed by atoms with E-state index in [0.717, 1.165) is 18.2 Å². The normalized spacial score (nSPS) is 33.2. The number of esters is 1. The number of carbonyl (C=O) groups excluding carboxylic acids is 1. The first-order valence-electron chi connectivity index (χ1n) is 19.7. The van der Waals surface area contributed by atoms with Crippen molar-refractivity contribution in [1.29, 1.82) is 0 Å². The van der Waals surface area contributed by atoms with Crippen LogP contribution >= 0.6 is 0 Å². The van der Waals surface area contributed by atoms with Crippen molar-refractivity contribution >= 4 is 12.0 Å². The largest absolute Gasteiger partial charge is 0.508 e. The Hall–Kier alpha value is -5.28. The topological polar surface area (TPSA) is 355 Å². The van der Waals surface area contributed by atoms with Gasteiger partial charge in [-0.3, -0.25) is 4.79 Å². The molecule has 7 rings (SSSR count). The third-order valence-electron chi connectivity index (χ3n) is 10.7. The summed E-state index contributed by atoms with van der Waals surface area (Å²) in [5, 5.41) is 125. The Labute approximate surface area is 361 Å². The highest BCUT2D eigenvalue weighted by molar-refractivity contribution is 5.87. The zero-order valence-corrected chi connectivity index (χ0v) is 33.2. The summed E-state index contributed by atoms with van der Waals surface area (Å²) >= 11 is 0. The predicted molar refractivity (Wildman–Crippen MR) is 211 cm³/mol. The molecule has 2 aromatic rings. The molecule has 15 atom stereocenters. The second-order valence-corrected chi connectivity index (χ2v) is 15.1. The van der Waals surface area contributed by atoms with Gasteiger partial charge >= 0.3 is 5.97 Å². The molecule has 22 heteroatoms. The second-order valence-electron chi connectivity index (χ2n) is 15.1. The maximum Gasteiger partial charge on any atom is 0.330 e. The van der Waals surface area contributed by atoms with Crippen molar-refractivity contribution in [2.75, 3.05) is 19.8 Å². The number of phenols is 2. The number of benzene rings is 3. The summed E-state index contributed by atoms with van der Waals surface area (Å²) in [5.41, 5.74) is -0.0183. The average molecular weight is 903 g/mol. The van der Waals surface area contributed by atoms with Gasteiger partial charge in [-0.1, -0.05) is 12.1 Å². The van der Waals surface area contributed by atoms with Crippen molar-refractivity contribution in [3.05, 3.63) is 88.6 Å². The van der Waals surface area contributed by atoms with Gasteiger partial charge in [-0.25, -0.2) is 4.79 Å². The molecule has 346 valence electrons. The number of hydrogen-bond acceptors (Lipinski definition) is 22. The van der Waals surface area contributed by atoms with E-state index in [1.54, 1.807) is 0 Å². The number of phenolic OH excluding ortho intramolecular Hbond substituents is 2. The van der Waals surface area contributed by atoms with Crippen LogP contribution in [0.5, 0.6) is 23.0 Å². The lowest BCUT2D eigenvalue weighted by Gasteiger charge is -2.46. The van der Waals surface area contributed by atoms with Gasteiger partial charge in [-0.15, -0.1) is 0 Å². The maximum absolute atomic E-state index is 13.0. The van der Waals surface area contributed by atoms with Gasteiger partial charge in [0.1, 0.15) is 96.8 Å². The third-order valence-corrected chi connectivity index (χ3v) is 10.7. The summed E-state index contributed by atoms with van der Waals surface area (Å²) in [5.74, 6) is -2.05. The van der Waals surface area contributed by atoms with E-state index < -0.39 is 123 Å². The molecule has 1 aliphatic carbocycles. The lowest BCUT2D eigenvalue weighted by atomic mass is 9.97. The van der Waals surface area contributed by atoms with Crippen LogP contribution in [0.2, 0.25) is 0 Å². The zero-order valence-electron chi connectivity index (χ0n) is 33.2. The van der Waals surface area contributed by atoms with Gasteiger partial charge in [-0.2, -0.15) is 0 Å². The first kappa shape index (κ1) is 46.7. The van der Waals surface area contributed by atoms with Crippen molar-refractivity contribution < 1.29 is 104 Å². The monoisotopic (exact) mass is 902 g/mol. The molecule has 0 amide bonds. The molecule has 4 aliphatic heterocycles. The van der Waals surface area contributed by atoms with E-state index in [9.17, 15) is 70.9 Å². The summed E-state index contributed by atoms with van der Waals surface area (Å²) in [6.07, 6.45) is -24.7. The van der Waals surface area contributed by atoms with Crippen LogP contribution in [0, 0.1) is 0 Å². The number of fused-ring (bicyclic) bond motifs is 1. The smallest absolute Gasteiger partial charge is 0.330 e. The highest BCUT2D eigenvalue weighted by atomic mass is 16.8. The van der Waals surface area contributed by atoms with Crippen LogP contribution in [0.3, 0.4) is 0 Å². The molecule has 3 saturated heterocycles. The number of rotatable bonds is 13. The van der Waals surface area contributed by atoms with Crippen molar-refractivity contribution in [3.8, 4) is 45.6 Å². The van der Waals surface area contributed by atoms with Gasteiger partial charge in [0.25, 0.3) is 0 Å². The van der Waals surface area contributed by atoms with Crippen LogP contribution in [-0.4, -0.2) is 179 Å². The summed E-state index contributed by atoms with van der Waals surface area (Å²) in [6.45, 7) is -2.35. The van der Waals surface area contributed by atoms with Gasteiger partial charge in [0.15, 0.2) is 29.3 Å². The minimum atomic E-state index is -2.04. The Balaban J connectivity index is 1.26. The fraction of sp³-hybridized carbons (Fsp3) is 0.429. The van der Waals surface area contributed by atoms with Gasteiger partial charge in [0.2, 0.25) is 12.6 Å². The molecule has 4 heterocycles. The number of ether oxygens (including phenoxy) is 7. The summed E-state index contributed by atoms with van der Waals surface area (Å²) < 4.78 is 46.6. The van der Waals surface area contributed by atoms with Gasteiger partial charge in [-0.05, 0) is 54.1 Å². The molecular weight excluding hydrogens is 856 g/mol. The average Bonchev–Trinajstić information content (AvgIpc) is 3.28. The van der Waals surface area contributed by atoms with E-state index in [4.69, 9.17) is 37.6 Å². The molecule has 0 unspecified atom stereocenters. The molecule has 22 nitrogen and oxygen atoms in total. The van der Waals surface area contributed by atoms with Crippen LogP contribution in [0.25, 0.3) is 28.7 Å². The number of aromatic hydroxyl groups is 2. The molecule has 3 fully saturated rings. The number of aliphatic hydroxyl groups is 10. The lowest BCUT2D eigenvalue weighted by molar-refractivity contribution is -0.357. The highest BCUT2D eigenvalue weighted by Gasteiger charge is 2.52. The van der Waals surface area contributed by atoms with Crippen LogP contribution < -0.4 is 14.9 Å². The molecule has 0 spiro atoms.